The summed E-state index contributed by atoms with van der Waals surface area (Å²) in [5.74, 6) is 0.0230. The number of hydrogen-bond acceptors (Lipinski definition) is 4. The van der Waals surface area contributed by atoms with E-state index in [1.165, 1.54) is 0 Å². The molecule has 0 bridgehead atoms. The summed E-state index contributed by atoms with van der Waals surface area (Å²) >= 11 is 1.64. The van der Waals surface area contributed by atoms with Gasteiger partial charge in [-0.05, 0) is 23.8 Å². The molecule has 2 aromatic heterocycles. The van der Waals surface area contributed by atoms with E-state index in [9.17, 15) is 4.79 Å². The number of carbonyl (C=O) groups is 1. The van der Waals surface area contributed by atoms with Crippen LogP contribution in [0.3, 0.4) is 0 Å². The molecule has 0 radical (unpaired) electrons. The fraction of sp³-hybridized carbons (Fsp3) is 0.133. The van der Waals surface area contributed by atoms with E-state index in [0.29, 0.717) is 6.42 Å². The van der Waals surface area contributed by atoms with Crippen LogP contribution in [0.15, 0.2) is 42.9 Å². The van der Waals surface area contributed by atoms with E-state index < -0.39 is 0 Å². The molecule has 3 aromatic rings. The summed E-state index contributed by atoms with van der Waals surface area (Å²) in [5.41, 5.74) is 1.93. The fourth-order valence-corrected chi connectivity index (χ4v) is 2.88. The van der Waals surface area contributed by atoms with Gasteiger partial charge in [0.15, 0.2) is 0 Å². The standard InChI is InChI=1S/C15H13N3OS.ClH/c1-2-14(19)18-12-5-3-10(4-6-12)13-7-11-8-16-9-17-15(11)20-13;/h3-9H,2H2,1H3,(H,18,19);1H. The van der Waals surface area contributed by atoms with Gasteiger partial charge in [-0.1, -0.05) is 19.1 Å². The molecule has 0 saturated heterocycles. The lowest BCUT2D eigenvalue weighted by atomic mass is 10.1. The Morgan fingerprint density at radius 3 is 2.71 bits per heavy atom. The van der Waals surface area contributed by atoms with E-state index in [0.717, 1.165) is 26.3 Å². The van der Waals surface area contributed by atoms with Gasteiger partial charge < -0.3 is 5.32 Å². The van der Waals surface area contributed by atoms with Crippen LogP contribution in [0.4, 0.5) is 5.69 Å². The van der Waals surface area contributed by atoms with Gasteiger partial charge in [-0.2, -0.15) is 0 Å². The molecule has 0 aliphatic rings. The van der Waals surface area contributed by atoms with Crippen molar-refractivity contribution in [3.63, 3.8) is 0 Å². The van der Waals surface area contributed by atoms with Crippen molar-refractivity contribution in [1.82, 2.24) is 9.97 Å². The van der Waals surface area contributed by atoms with E-state index in [2.05, 4.69) is 21.4 Å². The number of nitrogens with zero attached hydrogens (tertiary/aromatic N) is 2. The summed E-state index contributed by atoms with van der Waals surface area (Å²) in [6, 6.07) is 9.92. The Morgan fingerprint density at radius 2 is 2.05 bits per heavy atom. The quantitative estimate of drug-likeness (QED) is 0.789. The van der Waals surface area contributed by atoms with Gasteiger partial charge in [0.1, 0.15) is 11.2 Å². The van der Waals surface area contributed by atoms with Crippen molar-refractivity contribution in [2.75, 3.05) is 5.32 Å². The smallest absolute Gasteiger partial charge is 0.224 e. The summed E-state index contributed by atoms with van der Waals surface area (Å²) in [5, 5.41) is 3.89. The minimum atomic E-state index is 0. The van der Waals surface area contributed by atoms with Gasteiger partial charge in [0.25, 0.3) is 0 Å². The van der Waals surface area contributed by atoms with Crippen molar-refractivity contribution < 1.29 is 4.79 Å². The first-order valence-electron chi connectivity index (χ1n) is 6.36. The van der Waals surface area contributed by atoms with Crippen LogP contribution in [0.2, 0.25) is 0 Å². The van der Waals surface area contributed by atoms with E-state index in [-0.39, 0.29) is 18.3 Å². The van der Waals surface area contributed by atoms with Crippen molar-refractivity contribution in [3.8, 4) is 10.4 Å². The molecule has 0 aliphatic heterocycles. The van der Waals surface area contributed by atoms with E-state index >= 15 is 0 Å². The minimum Gasteiger partial charge on any atom is -0.326 e. The summed E-state index contributed by atoms with van der Waals surface area (Å²) in [6.45, 7) is 1.84. The first kappa shape index (κ1) is 15.4. The second-order valence-electron chi connectivity index (χ2n) is 4.37. The summed E-state index contributed by atoms with van der Waals surface area (Å²) in [4.78, 5) is 21.7. The molecule has 2 heterocycles. The van der Waals surface area contributed by atoms with Crippen molar-refractivity contribution in [2.24, 2.45) is 0 Å². The number of fused-ring (bicyclic) bond motifs is 1. The Morgan fingerprint density at radius 1 is 1.29 bits per heavy atom. The summed E-state index contributed by atoms with van der Waals surface area (Å²) < 4.78 is 0. The normalized spacial score (nSPS) is 10.1. The molecule has 6 heteroatoms. The Labute approximate surface area is 132 Å². The molecular weight excluding hydrogens is 306 g/mol. The zero-order valence-electron chi connectivity index (χ0n) is 11.4. The van der Waals surface area contributed by atoms with Crippen LogP contribution in [0.1, 0.15) is 13.3 Å². The zero-order chi connectivity index (χ0) is 13.9. The predicted molar refractivity (Wildman–Crippen MR) is 89.0 cm³/mol. The largest absolute Gasteiger partial charge is 0.326 e. The third kappa shape index (κ3) is 3.37. The monoisotopic (exact) mass is 319 g/mol. The molecule has 0 fully saturated rings. The number of carbonyl (C=O) groups excluding carboxylic acids is 1. The minimum absolute atomic E-state index is 0. The maximum atomic E-state index is 11.3. The topological polar surface area (TPSA) is 54.9 Å². The third-order valence-corrected chi connectivity index (χ3v) is 4.08. The maximum Gasteiger partial charge on any atom is 0.224 e. The Kier molecular flexibility index (Phi) is 4.88. The summed E-state index contributed by atoms with van der Waals surface area (Å²) in [6.07, 6.45) is 3.86. The van der Waals surface area contributed by atoms with Gasteiger partial charge in [-0.25, -0.2) is 9.97 Å². The van der Waals surface area contributed by atoms with Gasteiger partial charge in [-0.3, -0.25) is 4.79 Å². The molecule has 0 spiro atoms. The molecule has 0 aliphatic carbocycles. The Hall–Kier alpha value is -1.98. The van der Waals surface area contributed by atoms with Crippen LogP contribution in [-0.4, -0.2) is 15.9 Å². The molecule has 3 rings (SSSR count). The molecule has 4 nitrogen and oxygen atoms in total. The fourth-order valence-electron chi connectivity index (χ4n) is 1.90. The number of aromatic nitrogens is 2. The SMILES string of the molecule is CCC(=O)Nc1ccc(-c2cc3cncnc3s2)cc1.Cl. The maximum absolute atomic E-state index is 11.3. The first-order chi connectivity index (χ1) is 9.76. The van der Waals surface area contributed by atoms with Crippen molar-refractivity contribution >= 4 is 45.6 Å². The van der Waals surface area contributed by atoms with Gasteiger partial charge in [-0.15, -0.1) is 23.7 Å². The molecule has 1 aromatic carbocycles. The lowest BCUT2D eigenvalue weighted by Gasteiger charge is -2.04. The highest BCUT2D eigenvalue weighted by Gasteiger charge is 2.05. The number of nitrogens with one attached hydrogen (secondary N) is 1. The van der Waals surface area contributed by atoms with Crippen LogP contribution in [0, 0.1) is 0 Å². The predicted octanol–water partition coefficient (Wildman–Crippen LogP) is 4.13. The van der Waals surface area contributed by atoms with Crippen LogP contribution in [0.25, 0.3) is 20.7 Å². The van der Waals surface area contributed by atoms with Crippen molar-refractivity contribution in [2.45, 2.75) is 13.3 Å². The highest BCUT2D eigenvalue weighted by Crippen LogP contribution is 2.32. The van der Waals surface area contributed by atoms with Gasteiger partial charge >= 0.3 is 0 Å². The van der Waals surface area contributed by atoms with E-state index in [4.69, 9.17) is 0 Å². The molecule has 0 atom stereocenters. The first-order valence-corrected chi connectivity index (χ1v) is 7.18. The molecule has 0 unspecified atom stereocenters. The Balaban J connectivity index is 0.00000161. The van der Waals surface area contributed by atoms with Crippen LogP contribution >= 0.6 is 23.7 Å². The number of amides is 1. The average Bonchev–Trinajstić information content (AvgIpc) is 2.91. The molecular formula is C15H14ClN3OS. The molecule has 1 N–H and O–H groups in total. The number of halogens is 1. The van der Waals surface area contributed by atoms with Gasteiger partial charge in [0, 0.05) is 28.6 Å². The third-order valence-electron chi connectivity index (χ3n) is 2.97. The van der Waals surface area contributed by atoms with Crippen LogP contribution in [0.5, 0.6) is 0 Å². The molecule has 1 amide bonds. The number of rotatable bonds is 3. The van der Waals surface area contributed by atoms with Crippen molar-refractivity contribution in [3.05, 3.63) is 42.9 Å². The number of thiophene rings is 1. The van der Waals surface area contributed by atoms with E-state index in [1.54, 1.807) is 17.7 Å². The van der Waals surface area contributed by atoms with Gasteiger partial charge in [0.2, 0.25) is 5.91 Å². The molecule has 0 saturated carbocycles. The number of benzene rings is 1. The lowest BCUT2D eigenvalue weighted by Crippen LogP contribution is -2.08. The van der Waals surface area contributed by atoms with Crippen molar-refractivity contribution in [1.29, 1.82) is 0 Å². The van der Waals surface area contributed by atoms with Crippen LogP contribution in [-0.2, 0) is 4.79 Å². The number of hydrogen-bond donors (Lipinski definition) is 1. The average molecular weight is 320 g/mol. The second-order valence-corrected chi connectivity index (χ2v) is 5.40. The van der Waals surface area contributed by atoms with Crippen LogP contribution < -0.4 is 5.32 Å². The number of anilines is 1. The highest BCUT2D eigenvalue weighted by atomic mass is 35.5. The molecule has 21 heavy (non-hydrogen) atoms. The van der Waals surface area contributed by atoms with E-state index in [1.807, 2.05) is 37.4 Å². The highest BCUT2D eigenvalue weighted by molar-refractivity contribution is 7.21. The zero-order valence-corrected chi connectivity index (χ0v) is 13.0. The Bertz CT molecular complexity index is 722. The summed E-state index contributed by atoms with van der Waals surface area (Å²) in [7, 11) is 0. The lowest BCUT2D eigenvalue weighted by molar-refractivity contribution is -0.115. The van der Waals surface area contributed by atoms with Gasteiger partial charge in [0.05, 0.1) is 0 Å². The second kappa shape index (κ2) is 6.65. The molecule has 108 valence electrons.